The van der Waals surface area contributed by atoms with Crippen LogP contribution >= 0.6 is 0 Å². The fourth-order valence-electron chi connectivity index (χ4n) is 12.3. The van der Waals surface area contributed by atoms with Crippen LogP contribution in [0.1, 0.15) is 86.0 Å². The Morgan fingerprint density at radius 2 is 1.50 bits per heavy atom. The van der Waals surface area contributed by atoms with Crippen LogP contribution in [0, 0.1) is 46.3 Å². The van der Waals surface area contributed by atoms with Crippen LogP contribution in [0.4, 0.5) is 0 Å². The summed E-state index contributed by atoms with van der Waals surface area (Å²) in [6.07, 6.45) is -8.28. The highest BCUT2D eigenvalue weighted by molar-refractivity contribution is 7.80. The van der Waals surface area contributed by atoms with Crippen LogP contribution in [0.15, 0.2) is 11.6 Å². The first-order chi connectivity index (χ1) is 27.1. The first-order valence-electron chi connectivity index (χ1n) is 21.0. The van der Waals surface area contributed by atoms with E-state index in [4.69, 9.17) is 27.9 Å². The Hall–Kier alpha value is -0.910. The average molecular weight is 853 g/mol. The molecule has 336 valence electrons. The van der Waals surface area contributed by atoms with Crippen LogP contribution in [0.2, 0.25) is 0 Å². The van der Waals surface area contributed by atoms with Crippen molar-refractivity contribution in [2.45, 2.75) is 165 Å². The van der Waals surface area contributed by atoms with Gasteiger partial charge in [0.1, 0.15) is 42.7 Å². The molecule has 58 heavy (non-hydrogen) atoms. The number of aliphatic hydroxyl groups is 8. The van der Waals surface area contributed by atoms with Gasteiger partial charge in [-0.3, -0.25) is 4.55 Å². The van der Waals surface area contributed by atoms with E-state index >= 15 is 0 Å². The second-order valence-electron chi connectivity index (χ2n) is 19.0. The smallest absolute Gasteiger partial charge is 0.390 e. The molecule has 20 unspecified atom stereocenters. The number of ether oxygens (including phenoxy) is 5. The maximum absolute atomic E-state index is 13.0. The molecule has 9 N–H and O–H groups in total. The summed E-state index contributed by atoms with van der Waals surface area (Å²) in [5.74, 6) is -1.80. The zero-order valence-electron chi connectivity index (χ0n) is 34.4. The summed E-state index contributed by atoms with van der Waals surface area (Å²) in [6, 6.07) is 0. The van der Waals surface area contributed by atoms with Gasteiger partial charge in [0.25, 0.3) is 0 Å². The van der Waals surface area contributed by atoms with E-state index in [9.17, 15) is 53.8 Å². The van der Waals surface area contributed by atoms with Crippen LogP contribution in [0.3, 0.4) is 0 Å². The maximum Gasteiger partial charge on any atom is 0.397 e. The van der Waals surface area contributed by atoms with Gasteiger partial charge in [0, 0.05) is 19.4 Å². The predicted octanol–water partition coefficient (Wildman–Crippen LogP) is 0.432. The van der Waals surface area contributed by atoms with E-state index in [-0.39, 0.29) is 44.0 Å². The lowest BCUT2D eigenvalue weighted by Crippen LogP contribution is -2.66. The summed E-state index contributed by atoms with van der Waals surface area (Å²) in [7, 11) is -3.69. The number of fused-ring (bicyclic) bond motifs is 5. The zero-order chi connectivity index (χ0) is 42.7. The Morgan fingerprint density at radius 1 is 0.845 bits per heavy atom. The van der Waals surface area contributed by atoms with E-state index in [1.807, 2.05) is 26.8 Å². The van der Waals surface area contributed by atoms with E-state index < -0.39 is 118 Å². The minimum absolute atomic E-state index is 0.141. The van der Waals surface area contributed by atoms with E-state index in [0.717, 1.165) is 0 Å². The molecule has 2 heterocycles. The van der Waals surface area contributed by atoms with Crippen molar-refractivity contribution >= 4 is 10.4 Å². The molecular weight excluding hydrogens is 784 g/mol. The van der Waals surface area contributed by atoms with Gasteiger partial charge in [-0.2, -0.15) is 8.42 Å². The van der Waals surface area contributed by atoms with Crippen molar-refractivity contribution in [2.24, 2.45) is 46.3 Å². The summed E-state index contributed by atoms with van der Waals surface area (Å²) in [5.41, 5.74) is -2.63. The zero-order valence-corrected chi connectivity index (χ0v) is 35.3. The minimum atomic E-state index is -5.07. The third-order valence-corrected chi connectivity index (χ3v) is 15.7. The molecule has 17 nitrogen and oxygen atoms in total. The Morgan fingerprint density at radius 3 is 2.14 bits per heavy atom. The standard InChI is InChI=1S/C40H68O17S/c1-19(2)21(11-14-53-36-32(47)29(44)25(42)17-54-36)8-7-20(3)28-31(46)33(57-58(49,50)51)35-39(28,5)13-10-27-38(4)12-9-22(15-23(38)24(41)16-40(27,35)48)56-37-34(52-6)30(45)26(43)18-55-37/h15,19-22,24-37,41-48H,7-14,16-18H2,1-6H3,(H,49,50,51). The second kappa shape index (κ2) is 17.7. The predicted molar refractivity (Wildman–Crippen MR) is 204 cm³/mol. The molecule has 18 heteroatoms. The number of aliphatic hydroxyl groups excluding tert-OH is 7. The molecule has 0 spiro atoms. The van der Waals surface area contributed by atoms with Crippen LogP contribution in [-0.2, 0) is 38.3 Å². The summed E-state index contributed by atoms with van der Waals surface area (Å²) in [4.78, 5) is 0. The first kappa shape index (κ1) is 46.6. The van der Waals surface area contributed by atoms with E-state index in [2.05, 4.69) is 13.8 Å². The Balaban J connectivity index is 1.19. The quantitative estimate of drug-likeness (QED) is 0.0847. The highest BCUT2D eigenvalue weighted by Gasteiger charge is 2.73. The summed E-state index contributed by atoms with van der Waals surface area (Å²) < 4.78 is 68.6. The molecule has 2 saturated heterocycles. The fraction of sp³-hybridized carbons (Fsp3) is 0.950. The third kappa shape index (κ3) is 8.70. The molecule has 0 aromatic carbocycles. The van der Waals surface area contributed by atoms with Crippen LogP contribution in [0.5, 0.6) is 0 Å². The molecule has 0 aromatic rings. The summed E-state index contributed by atoms with van der Waals surface area (Å²) in [6.45, 7) is 10.0. The lowest BCUT2D eigenvalue weighted by atomic mass is 9.43. The first-order valence-corrected chi connectivity index (χ1v) is 22.3. The molecule has 0 bridgehead atoms. The van der Waals surface area contributed by atoms with Crippen molar-refractivity contribution in [2.75, 3.05) is 26.9 Å². The Labute approximate surface area is 341 Å². The molecule has 20 atom stereocenters. The van der Waals surface area contributed by atoms with Gasteiger partial charge in [0.2, 0.25) is 0 Å². The second-order valence-corrected chi connectivity index (χ2v) is 20.0. The maximum atomic E-state index is 13.0. The lowest BCUT2D eigenvalue weighted by Gasteiger charge is -2.64. The molecule has 0 amide bonds. The highest BCUT2D eigenvalue weighted by Crippen LogP contribution is 2.70. The van der Waals surface area contributed by atoms with E-state index in [1.165, 1.54) is 7.11 Å². The molecule has 0 radical (unpaired) electrons. The van der Waals surface area contributed by atoms with Gasteiger partial charge in [-0.05, 0) is 84.5 Å². The van der Waals surface area contributed by atoms with Crippen LogP contribution < -0.4 is 0 Å². The van der Waals surface area contributed by atoms with Crippen molar-refractivity contribution in [1.82, 2.24) is 0 Å². The van der Waals surface area contributed by atoms with Gasteiger partial charge in [-0.15, -0.1) is 0 Å². The number of hydrogen-bond acceptors (Lipinski definition) is 16. The summed E-state index contributed by atoms with van der Waals surface area (Å²) in [5, 5.41) is 87.6. The van der Waals surface area contributed by atoms with E-state index in [0.29, 0.717) is 50.5 Å². The Bertz CT molecular complexity index is 1550. The molecule has 0 aromatic heterocycles. The van der Waals surface area contributed by atoms with Crippen molar-refractivity contribution in [3.63, 3.8) is 0 Å². The van der Waals surface area contributed by atoms with Gasteiger partial charge < -0.3 is 64.5 Å². The number of methoxy groups -OCH3 is 1. The fourth-order valence-corrected chi connectivity index (χ4v) is 12.8. The van der Waals surface area contributed by atoms with Gasteiger partial charge in [-0.25, -0.2) is 4.18 Å². The van der Waals surface area contributed by atoms with Crippen molar-refractivity contribution in [1.29, 1.82) is 0 Å². The highest BCUT2D eigenvalue weighted by atomic mass is 32.3. The molecular formula is C40H68O17S. The van der Waals surface area contributed by atoms with Crippen molar-refractivity contribution in [3.05, 3.63) is 11.6 Å². The molecule has 5 fully saturated rings. The minimum Gasteiger partial charge on any atom is -0.390 e. The molecule has 6 aliphatic rings. The van der Waals surface area contributed by atoms with Crippen LogP contribution in [0.25, 0.3) is 0 Å². The molecule has 2 aliphatic heterocycles. The van der Waals surface area contributed by atoms with Crippen molar-refractivity contribution < 1.29 is 81.7 Å². The average Bonchev–Trinajstić information content (AvgIpc) is 3.36. The monoisotopic (exact) mass is 852 g/mol. The number of hydrogen-bond donors (Lipinski definition) is 9. The third-order valence-electron chi connectivity index (χ3n) is 15.3. The molecule has 4 aliphatic carbocycles. The lowest BCUT2D eigenvalue weighted by molar-refractivity contribution is -0.285. The SMILES string of the molecule is COC1C(OC2C=C3C(O)CC4(O)C(CCC5(C)C(C(C)CCC(CCOC6OCC(O)C(O)C6O)C(C)C)C(O)C(OS(=O)(=O)O)C54)C3(C)CC2)OCC(O)C1O. The largest absolute Gasteiger partial charge is 0.397 e. The summed E-state index contributed by atoms with van der Waals surface area (Å²) >= 11 is 0. The van der Waals surface area contributed by atoms with Crippen LogP contribution in [-0.4, -0.2) is 160 Å². The van der Waals surface area contributed by atoms with Gasteiger partial charge >= 0.3 is 10.4 Å². The molecule has 3 saturated carbocycles. The van der Waals surface area contributed by atoms with Crippen molar-refractivity contribution in [3.8, 4) is 0 Å². The van der Waals surface area contributed by atoms with Gasteiger partial charge in [0.15, 0.2) is 12.6 Å². The van der Waals surface area contributed by atoms with E-state index in [1.54, 1.807) is 0 Å². The van der Waals surface area contributed by atoms with Gasteiger partial charge in [-0.1, -0.05) is 47.1 Å². The molecule has 6 rings (SSSR count). The topological polar surface area (TPSA) is 272 Å². The Kier molecular flexibility index (Phi) is 14.2. The normalized spacial score (nSPS) is 48.1. The number of rotatable bonds is 14. The van der Waals surface area contributed by atoms with Gasteiger partial charge in [0.05, 0.1) is 43.7 Å².